The molecule has 1 aromatic rings. The van der Waals surface area contributed by atoms with E-state index in [1.54, 1.807) is 20.4 Å². The number of hydrogen-bond acceptors (Lipinski definition) is 5. The van der Waals surface area contributed by atoms with Crippen molar-refractivity contribution in [1.82, 2.24) is 9.97 Å². The predicted octanol–water partition coefficient (Wildman–Crippen LogP) is 2.80. The van der Waals surface area contributed by atoms with E-state index >= 15 is 0 Å². The Morgan fingerprint density at radius 1 is 1.35 bits per heavy atom. The molecule has 5 heteroatoms. The van der Waals surface area contributed by atoms with Crippen molar-refractivity contribution in [1.29, 1.82) is 0 Å². The van der Waals surface area contributed by atoms with Crippen LogP contribution in [-0.4, -0.2) is 29.4 Å². The first-order valence-electron chi connectivity index (χ1n) is 5.70. The second kappa shape index (κ2) is 7.63. The van der Waals surface area contributed by atoms with Gasteiger partial charge >= 0.3 is 0 Å². The first kappa shape index (κ1) is 14.4. The van der Waals surface area contributed by atoms with Crippen molar-refractivity contribution in [2.24, 2.45) is 0 Å². The molecule has 17 heavy (non-hydrogen) atoms. The van der Waals surface area contributed by atoms with E-state index in [0.29, 0.717) is 5.25 Å². The molecule has 0 radical (unpaired) electrons. The zero-order chi connectivity index (χ0) is 12.7. The van der Waals surface area contributed by atoms with Gasteiger partial charge in [0.05, 0.1) is 11.4 Å². The fourth-order valence-corrected chi connectivity index (χ4v) is 2.10. The highest BCUT2D eigenvalue weighted by Gasteiger charge is 2.11. The lowest BCUT2D eigenvalue weighted by Gasteiger charge is -2.13. The molecule has 0 fully saturated rings. The number of rotatable bonds is 7. The second-order valence-electron chi connectivity index (χ2n) is 3.73. The van der Waals surface area contributed by atoms with Gasteiger partial charge in [0, 0.05) is 25.7 Å². The summed E-state index contributed by atoms with van der Waals surface area (Å²) in [6, 6.07) is 1.81. The number of thioether (sulfide) groups is 1. The normalized spacial score (nSPS) is 13.0. The van der Waals surface area contributed by atoms with Crippen molar-refractivity contribution in [2.45, 2.75) is 37.6 Å². The number of nitrogens with zero attached hydrogens (tertiary/aromatic N) is 2. The van der Waals surface area contributed by atoms with Crippen LogP contribution in [0.1, 0.15) is 38.1 Å². The molecule has 1 aromatic heterocycles. The minimum absolute atomic E-state index is 0.412. The molecule has 0 aromatic carbocycles. The number of methoxy groups -OCH3 is 2. The fourth-order valence-electron chi connectivity index (χ4n) is 1.29. The Bertz CT molecular complexity index is 332. The zero-order valence-electron chi connectivity index (χ0n) is 10.8. The topological polar surface area (TPSA) is 44.2 Å². The number of hydrogen-bond donors (Lipinski definition) is 0. The van der Waals surface area contributed by atoms with Gasteiger partial charge in [-0.2, -0.15) is 11.8 Å². The SMILES string of the molecule is CCC(C)SCc1nccc(C(OC)OC)n1. The summed E-state index contributed by atoms with van der Waals surface area (Å²) in [5, 5.41) is 0.628. The van der Waals surface area contributed by atoms with Gasteiger partial charge in [-0.15, -0.1) is 0 Å². The summed E-state index contributed by atoms with van der Waals surface area (Å²) in [5.41, 5.74) is 0.768. The maximum Gasteiger partial charge on any atom is 0.200 e. The monoisotopic (exact) mass is 256 g/mol. The van der Waals surface area contributed by atoms with Crippen LogP contribution in [0.25, 0.3) is 0 Å². The molecule has 1 unspecified atom stereocenters. The third-order valence-corrected chi connectivity index (χ3v) is 3.80. The lowest BCUT2D eigenvalue weighted by molar-refractivity contribution is -0.108. The largest absolute Gasteiger partial charge is 0.350 e. The van der Waals surface area contributed by atoms with Crippen LogP contribution >= 0.6 is 11.8 Å². The quantitative estimate of drug-likeness (QED) is 0.702. The van der Waals surface area contributed by atoms with Crippen molar-refractivity contribution in [2.75, 3.05) is 14.2 Å². The molecule has 0 saturated heterocycles. The van der Waals surface area contributed by atoms with Gasteiger partial charge in [-0.3, -0.25) is 0 Å². The number of ether oxygens (including phenoxy) is 2. The average molecular weight is 256 g/mol. The van der Waals surface area contributed by atoms with E-state index in [2.05, 4.69) is 23.8 Å². The Hall–Kier alpha value is -0.650. The molecule has 1 atom stereocenters. The van der Waals surface area contributed by atoms with Gasteiger partial charge in [-0.25, -0.2) is 9.97 Å². The van der Waals surface area contributed by atoms with E-state index in [0.717, 1.165) is 23.7 Å². The third-order valence-electron chi connectivity index (χ3n) is 2.47. The van der Waals surface area contributed by atoms with Crippen molar-refractivity contribution in [3.8, 4) is 0 Å². The molecule has 0 amide bonds. The molecule has 0 bridgehead atoms. The van der Waals surface area contributed by atoms with Crippen molar-refractivity contribution >= 4 is 11.8 Å². The Balaban J connectivity index is 2.65. The van der Waals surface area contributed by atoms with Crippen LogP contribution in [0.2, 0.25) is 0 Å². The Kier molecular flexibility index (Phi) is 6.47. The highest BCUT2D eigenvalue weighted by atomic mass is 32.2. The summed E-state index contributed by atoms with van der Waals surface area (Å²) in [6.45, 7) is 4.39. The summed E-state index contributed by atoms with van der Waals surface area (Å²) < 4.78 is 10.3. The highest BCUT2D eigenvalue weighted by Crippen LogP contribution is 2.19. The first-order valence-corrected chi connectivity index (χ1v) is 6.75. The summed E-state index contributed by atoms with van der Waals surface area (Å²) >= 11 is 1.86. The van der Waals surface area contributed by atoms with Gasteiger partial charge in [0.15, 0.2) is 0 Å². The van der Waals surface area contributed by atoms with Gasteiger partial charge in [-0.1, -0.05) is 13.8 Å². The lowest BCUT2D eigenvalue weighted by atomic mass is 10.4. The molecular formula is C12H20N2O2S. The summed E-state index contributed by atoms with van der Waals surface area (Å²) in [4.78, 5) is 8.69. The van der Waals surface area contributed by atoms with Crippen LogP contribution in [-0.2, 0) is 15.2 Å². The summed E-state index contributed by atoms with van der Waals surface area (Å²) in [6.07, 6.45) is 2.49. The molecule has 0 aliphatic heterocycles. The van der Waals surface area contributed by atoms with Gasteiger partial charge in [0.1, 0.15) is 5.82 Å². The lowest BCUT2D eigenvalue weighted by Crippen LogP contribution is -2.08. The average Bonchev–Trinajstić information content (AvgIpc) is 2.38. The second-order valence-corrected chi connectivity index (χ2v) is 5.16. The zero-order valence-corrected chi connectivity index (χ0v) is 11.7. The Labute approximate surface area is 107 Å². The fraction of sp³-hybridized carbons (Fsp3) is 0.667. The Morgan fingerprint density at radius 2 is 2.06 bits per heavy atom. The molecule has 0 N–H and O–H groups in total. The van der Waals surface area contributed by atoms with E-state index < -0.39 is 6.29 Å². The third kappa shape index (κ3) is 4.61. The van der Waals surface area contributed by atoms with Crippen LogP contribution in [0, 0.1) is 0 Å². The van der Waals surface area contributed by atoms with Crippen LogP contribution in [0.15, 0.2) is 12.3 Å². The predicted molar refractivity (Wildman–Crippen MR) is 69.8 cm³/mol. The molecule has 0 aliphatic rings. The molecule has 0 aliphatic carbocycles. The molecule has 0 saturated carbocycles. The Morgan fingerprint density at radius 3 is 2.65 bits per heavy atom. The minimum atomic E-state index is -0.412. The maximum atomic E-state index is 5.17. The first-order chi connectivity index (χ1) is 8.21. The van der Waals surface area contributed by atoms with Gasteiger partial charge in [0.2, 0.25) is 6.29 Å². The smallest absolute Gasteiger partial charge is 0.200 e. The van der Waals surface area contributed by atoms with E-state index in [1.165, 1.54) is 0 Å². The molecule has 0 spiro atoms. The van der Waals surface area contributed by atoms with Crippen molar-refractivity contribution in [3.05, 3.63) is 23.8 Å². The maximum absolute atomic E-state index is 5.17. The van der Waals surface area contributed by atoms with Gasteiger partial charge in [-0.05, 0) is 12.5 Å². The standard InChI is InChI=1S/C12H20N2O2S/c1-5-9(2)17-8-11-13-7-6-10(14-11)12(15-3)16-4/h6-7,9,12H,5,8H2,1-4H3. The minimum Gasteiger partial charge on any atom is -0.350 e. The number of aromatic nitrogens is 2. The van der Waals surface area contributed by atoms with E-state index in [9.17, 15) is 0 Å². The molecule has 1 heterocycles. The van der Waals surface area contributed by atoms with Crippen LogP contribution < -0.4 is 0 Å². The molecule has 4 nitrogen and oxygen atoms in total. The van der Waals surface area contributed by atoms with E-state index in [4.69, 9.17) is 9.47 Å². The van der Waals surface area contributed by atoms with Gasteiger partial charge < -0.3 is 9.47 Å². The molecule has 1 rings (SSSR count). The van der Waals surface area contributed by atoms with E-state index in [-0.39, 0.29) is 0 Å². The van der Waals surface area contributed by atoms with Gasteiger partial charge in [0.25, 0.3) is 0 Å². The molecule has 96 valence electrons. The van der Waals surface area contributed by atoms with E-state index in [1.807, 2.05) is 17.8 Å². The van der Waals surface area contributed by atoms with Crippen LogP contribution in [0.5, 0.6) is 0 Å². The van der Waals surface area contributed by atoms with Crippen LogP contribution in [0.4, 0.5) is 0 Å². The molecular weight excluding hydrogens is 236 g/mol. The highest BCUT2D eigenvalue weighted by molar-refractivity contribution is 7.99. The van der Waals surface area contributed by atoms with Crippen molar-refractivity contribution < 1.29 is 9.47 Å². The summed E-state index contributed by atoms with van der Waals surface area (Å²) in [5.74, 6) is 1.65. The summed E-state index contributed by atoms with van der Waals surface area (Å²) in [7, 11) is 3.20. The van der Waals surface area contributed by atoms with Crippen LogP contribution in [0.3, 0.4) is 0 Å². The van der Waals surface area contributed by atoms with Crippen molar-refractivity contribution in [3.63, 3.8) is 0 Å².